The van der Waals surface area contributed by atoms with Gasteiger partial charge in [0.2, 0.25) is 0 Å². The molecule has 4 heteroatoms. The van der Waals surface area contributed by atoms with E-state index in [1.165, 1.54) is 0 Å². The molecule has 0 heterocycles. The van der Waals surface area contributed by atoms with Crippen LogP contribution in [0, 0.1) is 11.3 Å². The van der Waals surface area contributed by atoms with Crippen molar-refractivity contribution in [2.75, 3.05) is 0 Å². The van der Waals surface area contributed by atoms with Gasteiger partial charge in [-0.15, -0.1) is 0 Å². The lowest BCUT2D eigenvalue weighted by atomic mass is 9.78. The molecule has 2 atom stereocenters. The van der Waals surface area contributed by atoms with Gasteiger partial charge in [-0.2, -0.15) is 13.2 Å². The van der Waals surface area contributed by atoms with E-state index >= 15 is 0 Å². The van der Waals surface area contributed by atoms with Crippen molar-refractivity contribution in [3.05, 3.63) is 0 Å². The number of rotatable bonds is 3. The van der Waals surface area contributed by atoms with Crippen LogP contribution in [0.1, 0.15) is 66.7 Å². The van der Waals surface area contributed by atoms with Gasteiger partial charge in [0.1, 0.15) is 0 Å². The fraction of sp³-hybridized carbons (Fsp3) is 1.00. The van der Waals surface area contributed by atoms with E-state index < -0.39 is 18.1 Å². The molecule has 1 aliphatic rings. The molecule has 1 aliphatic carbocycles. The molecule has 0 aromatic heterocycles. The maximum absolute atomic E-state index is 13.1. The van der Waals surface area contributed by atoms with Crippen molar-refractivity contribution in [3.8, 4) is 0 Å². The zero-order valence-electron chi connectivity index (χ0n) is 12.8. The first-order valence-electron chi connectivity index (χ1n) is 7.25. The van der Waals surface area contributed by atoms with Crippen LogP contribution in [-0.4, -0.2) is 17.8 Å². The van der Waals surface area contributed by atoms with Gasteiger partial charge in [-0.05, 0) is 38.5 Å². The topological polar surface area (TPSA) is 12.0 Å². The summed E-state index contributed by atoms with van der Waals surface area (Å²) in [5.41, 5.74) is -0.150. The molecule has 2 unspecified atom stereocenters. The summed E-state index contributed by atoms with van der Waals surface area (Å²) in [7, 11) is 0. The Bertz CT molecular complexity index is 289. The van der Waals surface area contributed by atoms with Crippen LogP contribution in [0.2, 0.25) is 0 Å². The van der Waals surface area contributed by atoms with Crippen molar-refractivity contribution in [3.63, 3.8) is 0 Å². The van der Waals surface area contributed by atoms with Gasteiger partial charge in [-0.25, -0.2) is 0 Å². The Morgan fingerprint density at radius 1 is 0.947 bits per heavy atom. The third-order valence-electron chi connectivity index (χ3n) is 3.73. The summed E-state index contributed by atoms with van der Waals surface area (Å²) in [5, 5.41) is 3.29. The molecule has 0 spiro atoms. The van der Waals surface area contributed by atoms with Gasteiger partial charge in [0.25, 0.3) is 0 Å². The second-order valence-electron chi connectivity index (χ2n) is 7.80. The number of hydrogen-bond acceptors (Lipinski definition) is 1. The highest BCUT2D eigenvalue weighted by atomic mass is 19.4. The van der Waals surface area contributed by atoms with Crippen molar-refractivity contribution in [2.24, 2.45) is 11.3 Å². The molecular weight excluding hydrogens is 251 g/mol. The van der Waals surface area contributed by atoms with Crippen LogP contribution in [0.3, 0.4) is 0 Å². The first-order chi connectivity index (χ1) is 8.41. The highest BCUT2D eigenvalue weighted by Gasteiger charge is 2.46. The van der Waals surface area contributed by atoms with E-state index in [-0.39, 0.29) is 17.4 Å². The molecule has 114 valence electrons. The Morgan fingerprint density at radius 3 is 1.95 bits per heavy atom. The Balaban J connectivity index is 2.72. The number of halogens is 3. The van der Waals surface area contributed by atoms with Crippen molar-refractivity contribution in [1.82, 2.24) is 5.32 Å². The molecule has 1 saturated carbocycles. The first kappa shape index (κ1) is 16.8. The van der Waals surface area contributed by atoms with Crippen LogP contribution in [0.5, 0.6) is 0 Å². The first-order valence-corrected chi connectivity index (χ1v) is 7.25. The molecule has 0 aromatic carbocycles. The normalized spacial score (nSPS) is 26.5. The van der Waals surface area contributed by atoms with Crippen LogP contribution < -0.4 is 5.32 Å². The summed E-state index contributed by atoms with van der Waals surface area (Å²) in [4.78, 5) is 0. The Hall–Kier alpha value is -0.250. The fourth-order valence-electron chi connectivity index (χ4n) is 3.57. The van der Waals surface area contributed by atoms with Crippen molar-refractivity contribution < 1.29 is 13.2 Å². The largest absolute Gasteiger partial charge is 0.393 e. The molecular formula is C15H28F3N. The van der Waals surface area contributed by atoms with Gasteiger partial charge in [0.15, 0.2) is 0 Å². The summed E-state index contributed by atoms with van der Waals surface area (Å²) in [6.07, 6.45) is -0.709. The minimum absolute atomic E-state index is 0.110. The Morgan fingerprint density at radius 2 is 1.47 bits per heavy atom. The molecule has 1 rings (SSSR count). The number of hydrogen-bond donors (Lipinski definition) is 1. The van der Waals surface area contributed by atoms with Gasteiger partial charge in [0, 0.05) is 11.6 Å². The minimum atomic E-state index is -4.07. The lowest BCUT2D eigenvalue weighted by Gasteiger charge is -2.41. The Labute approximate surface area is 115 Å². The molecule has 0 bridgehead atoms. The number of alkyl halides is 3. The highest BCUT2D eigenvalue weighted by molar-refractivity contribution is 4.92. The van der Waals surface area contributed by atoms with E-state index in [4.69, 9.17) is 0 Å². The lowest BCUT2D eigenvalue weighted by molar-refractivity contribution is -0.190. The second kappa shape index (κ2) is 5.63. The zero-order chi connectivity index (χ0) is 14.9. The molecule has 0 aromatic rings. The van der Waals surface area contributed by atoms with Crippen LogP contribution in [0.15, 0.2) is 0 Å². The van der Waals surface area contributed by atoms with Gasteiger partial charge in [-0.3, -0.25) is 0 Å². The van der Waals surface area contributed by atoms with E-state index in [0.717, 1.165) is 12.8 Å². The third kappa shape index (κ3) is 5.72. The molecule has 0 aliphatic heterocycles. The van der Waals surface area contributed by atoms with Gasteiger partial charge in [0.05, 0.1) is 5.92 Å². The van der Waals surface area contributed by atoms with Crippen LogP contribution in [0.4, 0.5) is 13.2 Å². The van der Waals surface area contributed by atoms with Crippen molar-refractivity contribution in [1.29, 1.82) is 0 Å². The number of nitrogens with one attached hydrogen (secondary N) is 1. The molecule has 0 radical (unpaired) electrons. The predicted molar refractivity (Wildman–Crippen MR) is 73.1 cm³/mol. The summed E-state index contributed by atoms with van der Waals surface area (Å²) < 4.78 is 39.2. The summed E-state index contributed by atoms with van der Waals surface area (Å²) in [6, 6.07) is -0.425. The van der Waals surface area contributed by atoms with E-state index in [1.807, 2.05) is 13.8 Å². The summed E-state index contributed by atoms with van der Waals surface area (Å²) in [6.45, 7) is 10.4. The quantitative estimate of drug-likeness (QED) is 0.774. The van der Waals surface area contributed by atoms with Gasteiger partial charge < -0.3 is 5.32 Å². The third-order valence-corrected chi connectivity index (χ3v) is 3.73. The monoisotopic (exact) mass is 279 g/mol. The molecule has 1 nitrogen and oxygen atoms in total. The predicted octanol–water partition coefficient (Wildman–Crippen LogP) is 4.91. The summed E-state index contributed by atoms with van der Waals surface area (Å²) >= 11 is 0. The van der Waals surface area contributed by atoms with Gasteiger partial charge in [-0.1, -0.05) is 33.6 Å². The molecule has 19 heavy (non-hydrogen) atoms. The van der Waals surface area contributed by atoms with Crippen molar-refractivity contribution in [2.45, 2.75) is 84.5 Å². The minimum Gasteiger partial charge on any atom is -0.308 e. The molecule has 0 saturated heterocycles. The summed E-state index contributed by atoms with van der Waals surface area (Å²) in [5.74, 6) is -1.18. The second-order valence-corrected chi connectivity index (χ2v) is 7.80. The molecule has 1 N–H and O–H groups in total. The van der Waals surface area contributed by atoms with Crippen LogP contribution >= 0.6 is 0 Å². The zero-order valence-corrected chi connectivity index (χ0v) is 12.8. The maximum Gasteiger partial charge on any atom is 0.393 e. The van der Waals surface area contributed by atoms with E-state index in [1.54, 1.807) is 0 Å². The van der Waals surface area contributed by atoms with Crippen molar-refractivity contribution >= 4 is 0 Å². The van der Waals surface area contributed by atoms with E-state index in [9.17, 15) is 13.2 Å². The van der Waals surface area contributed by atoms with Crippen LogP contribution in [-0.2, 0) is 0 Å². The average Bonchev–Trinajstić information content (AvgIpc) is 2.11. The SMILES string of the molecule is CC(C)(C)CC(C)(C)NC1CCCCC1C(F)(F)F. The standard InChI is InChI=1S/C15H28F3N/c1-13(2,3)10-14(4,5)19-12-9-7-6-8-11(12)15(16,17)18/h11-12,19H,6-10H2,1-5H3. The van der Waals surface area contributed by atoms with Crippen LogP contribution in [0.25, 0.3) is 0 Å². The smallest absolute Gasteiger partial charge is 0.308 e. The van der Waals surface area contributed by atoms with E-state index in [0.29, 0.717) is 12.8 Å². The fourth-order valence-corrected chi connectivity index (χ4v) is 3.57. The lowest BCUT2D eigenvalue weighted by Crippen LogP contribution is -2.54. The maximum atomic E-state index is 13.1. The average molecular weight is 279 g/mol. The molecule has 1 fully saturated rings. The van der Waals surface area contributed by atoms with Gasteiger partial charge >= 0.3 is 6.18 Å². The Kier molecular flexibility index (Phi) is 4.98. The highest BCUT2D eigenvalue weighted by Crippen LogP contribution is 2.39. The van der Waals surface area contributed by atoms with E-state index in [2.05, 4.69) is 26.1 Å². The molecule has 0 amide bonds.